The van der Waals surface area contributed by atoms with E-state index < -0.39 is 26.5 Å². The Morgan fingerprint density at radius 1 is 0.437 bits per heavy atom. The number of phosphoric ester groups is 1. The highest BCUT2D eigenvalue weighted by molar-refractivity contribution is 7.47. The number of allylic oxidation sites excluding steroid dienone is 8. The van der Waals surface area contributed by atoms with E-state index in [-0.39, 0.29) is 32.0 Å². The molecule has 0 amide bonds. The van der Waals surface area contributed by atoms with Crippen LogP contribution in [0.5, 0.6) is 0 Å². The first-order chi connectivity index (χ1) is 34.5. The van der Waals surface area contributed by atoms with E-state index in [4.69, 9.17) is 18.5 Å². The van der Waals surface area contributed by atoms with Crippen molar-refractivity contribution < 1.29 is 42.1 Å². The topological polar surface area (TPSA) is 108 Å². The lowest BCUT2D eigenvalue weighted by molar-refractivity contribution is -0.870. The number of hydrogen-bond acceptors (Lipinski definition) is 7. The van der Waals surface area contributed by atoms with E-state index in [1.54, 1.807) is 0 Å². The first kappa shape index (κ1) is 69.0. The molecule has 416 valence electrons. The molecule has 0 aromatic carbocycles. The number of likely N-dealkylation sites (N-methyl/N-ethyl adjacent to an activating group) is 1. The predicted octanol–water partition coefficient (Wildman–Crippen LogP) is 18.5. The summed E-state index contributed by atoms with van der Waals surface area (Å²) < 4.78 is 34.4. The van der Waals surface area contributed by atoms with E-state index >= 15 is 0 Å². The summed E-state index contributed by atoms with van der Waals surface area (Å²) >= 11 is 0. The molecule has 0 aromatic heterocycles. The summed E-state index contributed by atoms with van der Waals surface area (Å²) in [5.41, 5.74) is 0. The highest BCUT2D eigenvalue weighted by atomic mass is 31.2. The number of quaternary nitrogens is 1. The maximum atomic E-state index is 12.8. The molecule has 0 saturated carbocycles. The third-order valence-electron chi connectivity index (χ3n) is 13.1. The van der Waals surface area contributed by atoms with E-state index in [1.807, 2.05) is 21.1 Å². The van der Waals surface area contributed by atoms with Crippen molar-refractivity contribution in [1.29, 1.82) is 0 Å². The molecule has 0 saturated heterocycles. The van der Waals surface area contributed by atoms with Gasteiger partial charge in [-0.1, -0.05) is 242 Å². The number of carbonyl (C=O) groups is 2. The molecule has 71 heavy (non-hydrogen) atoms. The molecule has 0 spiro atoms. The summed E-state index contributed by atoms with van der Waals surface area (Å²) in [6, 6.07) is 0. The van der Waals surface area contributed by atoms with Crippen molar-refractivity contribution in [2.45, 2.75) is 283 Å². The van der Waals surface area contributed by atoms with Gasteiger partial charge in [-0.2, -0.15) is 0 Å². The van der Waals surface area contributed by atoms with Gasteiger partial charge in [0.25, 0.3) is 0 Å². The average Bonchev–Trinajstić information content (AvgIpc) is 3.33. The summed E-state index contributed by atoms with van der Waals surface area (Å²) in [5, 5.41) is 0. The first-order valence-corrected chi connectivity index (χ1v) is 31.4. The molecule has 0 aromatic rings. The highest BCUT2D eigenvalue weighted by Crippen LogP contribution is 2.43. The van der Waals surface area contributed by atoms with Gasteiger partial charge in [-0.05, 0) is 70.6 Å². The maximum absolute atomic E-state index is 12.8. The molecule has 9 nitrogen and oxygen atoms in total. The van der Waals surface area contributed by atoms with Gasteiger partial charge in [-0.15, -0.1) is 0 Å². The van der Waals surface area contributed by atoms with Crippen LogP contribution < -0.4 is 0 Å². The van der Waals surface area contributed by atoms with Gasteiger partial charge in [0.2, 0.25) is 0 Å². The van der Waals surface area contributed by atoms with E-state index in [1.165, 1.54) is 173 Å². The van der Waals surface area contributed by atoms with Crippen molar-refractivity contribution in [2.75, 3.05) is 47.5 Å². The van der Waals surface area contributed by atoms with Crippen LogP contribution in [0.25, 0.3) is 0 Å². The van der Waals surface area contributed by atoms with E-state index in [0.717, 1.165) is 70.6 Å². The van der Waals surface area contributed by atoms with Crippen LogP contribution in [0.1, 0.15) is 277 Å². The largest absolute Gasteiger partial charge is 0.472 e. The van der Waals surface area contributed by atoms with Gasteiger partial charge < -0.3 is 18.9 Å². The zero-order chi connectivity index (χ0) is 52.0. The lowest BCUT2D eigenvalue weighted by Crippen LogP contribution is -2.37. The number of ether oxygens (including phenoxy) is 2. The molecule has 2 unspecified atom stereocenters. The van der Waals surface area contributed by atoms with Crippen molar-refractivity contribution >= 4 is 19.8 Å². The fourth-order valence-corrected chi connectivity index (χ4v) is 9.18. The standard InChI is InChI=1S/C61H114NO8P/c1-6-8-10-12-14-16-18-19-20-21-22-23-24-25-26-27-28-29-30-31-32-33-34-35-36-37-38-39-40-41-42-43-44-46-48-50-52-54-61(64)70-59(58-69-71(65,66)68-56-55-62(3,4)5)57-67-60(63)53-51-49-47-45-17-15-13-11-9-7-2/h11,13,18-19,21-22,24-25,59H,6-10,12,14-17,20,23,26-58H2,1-5H3/p+1/b13-11-,19-18-,22-21-,25-24-. The summed E-state index contributed by atoms with van der Waals surface area (Å²) in [7, 11) is 1.48. The molecule has 0 rings (SSSR count). The van der Waals surface area contributed by atoms with Gasteiger partial charge >= 0.3 is 19.8 Å². The quantitative estimate of drug-likeness (QED) is 0.0211. The summed E-state index contributed by atoms with van der Waals surface area (Å²) in [6.45, 7) is 4.37. The molecule has 0 fully saturated rings. The lowest BCUT2D eigenvalue weighted by atomic mass is 10.0. The predicted molar refractivity (Wildman–Crippen MR) is 303 cm³/mol. The van der Waals surface area contributed by atoms with Crippen LogP contribution in [0.15, 0.2) is 48.6 Å². The number of carbonyl (C=O) groups excluding carboxylic acids is 2. The SMILES string of the molecule is CCC/C=C\CCCCCCCC(=O)OCC(COP(=O)(O)OCC[N+](C)(C)C)OC(=O)CCCCCCCCCCCCCCCCCCCCCCCC/C=C\C/C=C\C/C=C\CCCCCCC. The summed E-state index contributed by atoms with van der Waals surface area (Å²) in [5.74, 6) is -0.801. The van der Waals surface area contributed by atoms with Crippen molar-refractivity contribution in [3.05, 3.63) is 48.6 Å². The van der Waals surface area contributed by atoms with Crippen molar-refractivity contribution in [3.63, 3.8) is 0 Å². The van der Waals surface area contributed by atoms with Gasteiger partial charge in [0.05, 0.1) is 27.7 Å². The van der Waals surface area contributed by atoms with Gasteiger partial charge in [0.15, 0.2) is 6.10 Å². The van der Waals surface area contributed by atoms with Gasteiger partial charge in [-0.25, -0.2) is 4.57 Å². The van der Waals surface area contributed by atoms with Crippen molar-refractivity contribution in [3.8, 4) is 0 Å². The number of hydrogen-bond donors (Lipinski definition) is 1. The molecule has 0 bridgehead atoms. The lowest BCUT2D eigenvalue weighted by Gasteiger charge is -2.24. The van der Waals surface area contributed by atoms with Gasteiger partial charge in [-0.3, -0.25) is 18.6 Å². The number of nitrogens with zero attached hydrogens (tertiary/aromatic N) is 1. The molecular weight excluding hydrogens is 906 g/mol. The van der Waals surface area contributed by atoms with Crippen LogP contribution >= 0.6 is 7.82 Å². The molecule has 2 atom stereocenters. The number of rotatable bonds is 55. The minimum Gasteiger partial charge on any atom is -0.462 e. The zero-order valence-corrected chi connectivity index (χ0v) is 48.1. The molecular formula is C61H115NO8P+. The monoisotopic (exact) mass is 1020 g/mol. The Bertz CT molecular complexity index is 1340. The van der Waals surface area contributed by atoms with Crippen molar-refractivity contribution in [1.82, 2.24) is 0 Å². The van der Waals surface area contributed by atoms with Crippen LogP contribution in [-0.2, 0) is 32.7 Å². The third-order valence-corrected chi connectivity index (χ3v) is 14.0. The normalized spacial score (nSPS) is 13.6. The fraction of sp³-hybridized carbons (Fsp3) is 0.836. The van der Waals surface area contributed by atoms with Crippen LogP contribution in [0, 0.1) is 0 Å². The Morgan fingerprint density at radius 3 is 1.20 bits per heavy atom. The van der Waals surface area contributed by atoms with Crippen LogP contribution in [0.4, 0.5) is 0 Å². The summed E-state index contributed by atoms with van der Waals surface area (Å²) in [6.07, 6.45) is 66.5. The molecule has 0 radical (unpaired) electrons. The second-order valence-electron chi connectivity index (χ2n) is 21.4. The fourth-order valence-electron chi connectivity index (χ4n) is 8.44. The van der Waals surface area contributed by atoms with Crippen LogP contribution in [0.3, 0.4) is 0 Å². The third kappa shape index (κ3) is 57.1. The van der Waals surface area contributed by atoms with E-state index in [9.17, 15) is 19.0 Å². The smallest absolute Gasteiger partial charge is 0.462 e. The molecule has 0 aliphatic rings. The first-order valence-electron chi connectivity index (χ1n) is 29.9. The summed E-state index contributed by atoms with van der Waals surface area (Å²) in [4.78, 5) is 35.5. The Morgan fingerprint density at radius 2 is 0.789 bits per heavy atom. The number of phosphoric acid groups is 1. The molecule has 0 aliphatic heterocycles. The van der Waals surface area contributed by atoms with E-state index in [2.05, 4.69) is 62.5 Å². The number of esters is 2. The zero-order valence-electron chi connectivity index (χ0n) is 47.2. The average molecular weight is 1020 g/mol. The highest BCUT2D eigenvalue weighted by Gasteiger charge is 2.27. The molecule has 0 aliphatic carbocycles. The van der Waals surface area contributed by atoms with Crippen molar-refractivity contribution in [2.24, 2.45) is 0 Å². The maximum Gasteiger partial charge on any atom is 0.472 e. The minimum atomic E-state index is -4.38. The van der Waals surface area contributed by atoms with Crippen LogP contribution in [-0.4, -0.2) is 74.9 Å². The van der Waals surface area contributed by atoms with Gasteiger partial charge in [0, 0.05) is 12.8 Å². The second kappa shape index (κ2) is 52.8. The minimum absolute atomic E-state index is 0.0315. The second-order valence-corrected chi connectivity index (χ2v) is 22.8. The Hall–Kier alpha value is -2.03. The van der Waals surface area contributed by atoms with Gasteiger partial charge in [0.1, 0.15) is 19.8 Å². The Balaban J connectivity index is 3.88. The Labute approximate surface area is 439 Å². The molecule has 1 N–H and O–H groups in total. The molecule has 0 heterocycles. The van der Waals surface area contributed by atoms with E-state index in [0.29, 0.717) is 17.4 Å². The van der Waals surface area contributed by atoms with Crippen LogP contribution in [0.2, 0.25) is 0 Å². The Kier molecular flexibility index (Phi) is 51.3. The molecule has 10 heteroatoms. The number of unbranched alkanes of at least 4 members (excludes halogenated alkanes) is 33.